The molecule has 0 aliphatic heterocycles. The molecule has 1 aromatic rings. The molecule has 9 heteroatoms. The number of hydrogen-bond donors (Lipinski definition) is 2. The van der Waals surface area contributed by atoms with E-state index in [4.69, 9.17) is 10.5 Å². The van der Waals surface area contributed by atoms with Crippen molar-refractivity contribution in [3.8, 4) is 0 Å². The van der Waals surface area contributed by atoms with E-state index in [1.807, 2.05) is 13.8 Å². The van der Waals surface area contributed by atoms with Gasteiger partial charge in [-0.3, -0.25) is 24.0 Å². The number of aromatic nitrogens is 2. The second-order valence-electron chi connectivity index (χ2n) is 8.64. The molecule has 9 nitrogen and oxygen atoms in total. The fourth-order valence-corrected chi connectivity index (χ4v) is 3.60. The van der Waals surface area contributed by atoms with Crippen LogP contribution in [0.3, 0.4) is 0 Å². The zero-order valence-electron chi connectivity index (χ0n) is 17.6. The lowest BCUT2D eigenvalue weighted by molar-refractivity contribution is -0.120. The standard InChI is InChI=1S/C20H33N5O4/c1-13(2)10-25-18(21)17(19(27)22-20(25)28)24(8-9-29-3)16(26)12-23(15-6-7-15)11-14-4-5-14/h13-15H,4-12,21H2,1-3H3,(H,22,27,28). The fourth-order valence-electron chi connectivity index (χ4n) is 3.60. The molecular weight excluding hydrogens is 374 g/mol. The Balaban J connectivity index is 1.90. The van der Waals surface area contributed by atoms with Crippen LogP contribution in [-0.4, -0.2) is 59.8 Å². The molecule has 162 valence electrons. The average molecular weight is 408 g/mol. The van der Waals surface area contributed by atoms with E-state index in [9.17, 15) is 14.4 Å². The van der Waals surface area contributed by atoms with E-state index >= 15 is 0 Å². The van der Waals surface area contributed by atoms with Crippen molar-refractivity contribution in [1.29, 1.82) is 0 Å². The lowest BCUT2D eigenvalue weighted by atomic mass is 10.2. The molecule has 0 radical (unpaired) electrons. The topological polar surface area (TPSA) is 114 Å². The number of carbonyl (C=O) groups excluding carboxylic acids is 1. The van der Waals surface area contributed by atoms with E-state index in [1.165, 1.54) is 22.3 Å². The molecule has 2 aliphatic carbocycles. The van der Waals surface area contributed by atoms with Crippen molar-refractivity contribution >= 4 is 17.4 Å². The van der Waals surface area contributed by atoms with Gasteiger partial charge in [-0.2, -0.15) is 0 Å². The van der Waals surface area contributed by atoms with Gasteiger partial charge in [0.2, 0.25) is 5.91 Å². The Morgan fingerprint density at radius 1 is 1.28 bits per heavy atom. The van der Waals surface area contributed by atoms with Crippen molar-refractivity contribution in [2.24, 2.45) is 11.8 Å². The van der Waals surface area contributed by atoms with Gasteiger partial charge in [0.05, 0.1) is 13.2 Å². The Kier molecular flexibility index (Phi) is 6.79. The van der Waals surface area contributed by atoms with Crippen LogP contribution in [0.2, 0.25) is 0 Å². The highest BCUT2D eigenvalue weighted by molar-refractivity contribution is 5.96. The number of ether oxygens (including phenoxy) is 1. The number of nitrogens with two attached hydrogens (primary N) is 1. The fraction of sp³-hybridized carbons (Fsp3) is 0.750. The molecule has 1 aromatic heterocycles. The third-order valence-electron chi connectivity index (χ3n) is 5.44. The van der Waals surface area contributed by atoms with E-state index in [0.717, 1.165) is 19.4 Å². The van der Waals surface area contributed by atoms with Crippen LogP contribution in [-0.2, 0) is 16.1 Å². The normalized spacial score (nSPS) is 16.6. The monoisotopic (exact) mass is 407 g/mol. The summed E-state index contributed by atoms with van der Waals surface area (Å²) in [5.41, 5.74) is 5.07. The molecule has 3 rings (SSSR count). The lowest BCUT2D eigenvalue weighted by Crippen LogP contribution is -2.47. The zero-order valence-corrected chi connectivity index (χ0v) is 17.6. The molecule has 2 saturated carbocycles. The number of H-pyrrole nitrogens is 1. The molecule has 1 heterocycles. The number of nitrogens with one attached hydrogen (secondary N) is 1. The van der Waals surface area contributed by atoms with Crippen molar-refractivity contribution in [2.75, 3.05) is 44.0 Å². The van der Waals surface area contributed by atoms with Crippen LogP contribution in [0, 0.1) is 11.8 Å². The van der Waals surface area contributed by atoms with Gasteiger partial charge >= 0.3 is 5.69 Å². The number of aromatic amines is 1. The summed E-state index contributed by atoms with van der Waals surface area (Å²) < 4.78 is 6.48. The molecule has 0 bridgehead atoms. The maximum atomic E-state index is 13.2. The number of rotatable bonds is 11. The van der Waals surface area contributed by atoms with Gasteiger partial charge in [-0.25, -0.2) is 4.79 Å². The number of anilines is 2. The Bertz CT molecular complexity index is 838. The van der Waals surface area contributed by atoms with E-state index in [1.54, 1.807) is 7.11 Å². The van der Waals surface area contributed by atoms with Gasteiger partial charge in [0.25, 0.3) is 5.56 Å². The molecule has 3 N–H and O–H groups in total. The molecule has 0 aromatic carbocycles. The van der Waals surface area contributed by atoms with Gasteiger partial charge in [0.1, 0.15) is 5.82 Å². The van der Waals surface area contributed by atoms with E-state index in [2.05, 4.69) is 9.88 Å². The van der Waals surface area contributed by atoms with Crippen LogP contribution in [0.15, 0.2) is 9.59 Å². The van der Waals surface area contributed by atoms with Gasteiger partial charge in [-0.05, 0) is 37.5 Å². The SMILES string of the molecule is COCCN(C(=O)CN(CC1CC1)C1CC1)c1c(N)n(CC(C)C)c(=O)[nH]c1=O. The maximum absolute atomic E-state index is 13.2. The van der Waals surface area contributed by atoms with Crippen LogP contribution < -0.4 is 21.9 Å². The highest BCUT2D eigenvalue weighted by Crippen LogP contribution is 2.34. The first kappa shape index (κ1) is 21.6. The Labute approximate surface area is 170 Å². The van der Waals surface area contributed by atoms with Crippen LogP contribution in [0.25, 0.3) is 0 Å². The number of carbonyl (C=O) groups is 1. The summed E-state index contributed by atoms with van der Waals surface area (Å²) in [5.74, 6) is 0.664. The first-order valence-electron chi connectivity index (χ1n) is 10.5. The highest BCUT2D eigenvalue weighted by atomic mass is 16.5. The summed E-state index contributed by atoms with van der Waals surface area (Å²) >= 11 is 0. The van der Waals surface area contributed by atoms with Gasteiger partial charge in [0.15, 0.2) is 5.69 Å². The third kappa shape index (κ3) is 5.48. The summed E-state index contributed by atoms with van der Waals surface area (Å²) in [5, 5.41) is 0. The Morgan fingerprint density at radius 3 is 2.52 bits per heavy atom. The highest BCUT2D eigenvalue weighted by Gasteiger charge is 2.36. The van der Waals surface area contributed by atoms with Crippen molar-refractivity contribution < 1.29 is 9.53 Å². The summed E-state index contributed by atoms with van der Waals surface area (Å²) in [6.07, 6.45) is 4.66. The summed E-state index contributed by atoms with van der Waals surface area (Å²) in [4.78, 5) is 44.1. The molecule has 0 saturated heterocycles. The second kappa shape index (κ2) is 9.13. The molecule has 29 heavy (non-hydrogen) atoms. The number of nitrogens with zero attached hydrogens (tertiary/aromatic N) is 3. The first-order chi connectivity index (χ1) is 13.8. The van der Waals surface area contributed by atoms with Crippen LogP contribution in [0.5, 0.6) is 0 Å². The quantitative estimate of drug-likeness (QED) is 0.556. The molecular formula is C20H33N5O4. The van der Waals surface area contributed by atoms with Gasteiger partial charge in [-0.15, -0.1) is 0 Å². The predicted molar refractivity (Wildman–Crippen MR) is 112 cm³/mol. The van der Waals surface area contributed by atoms with Gasteiger partial charge in [-0.1, -0.05) is 13.8 Å². The Morgan fingerprint density at radius 2 is 1.97 bits per heavy atom. The summed E-state index contributed by atoms with van der Waals surface area (Å²) in [6, 6.07) is 0.453. The predicted octanol–water partition coefficient (Wildman–Crippen LogP) is 0.629. The van der Waals surface area contributed by atoms with Crippen molar-refractivity contribution in [3.05, 3.63) is 20.8 Å². The van der Waals surface area contributed by atoms with E-state index in [0.29, 0.717) is 18.5 Å². The average Bonchev–Trinajstić information content (AvgIpc) is 3.53. The minimum absolute atomic E-state index is 0.0251. The van der Waals surface area contributed by atoms with Crippen molar-refractivity contribution in [1.82, 2.24) is 14.5 Å². The number of methoxy groups -OCH3 is 1. The van der Waals surface area contributed by atoms with Crippen LogP contribution >= 0.6 is 0 Å². The molecule has 2 aliphatic rings. The van der Waals surface area contributed by atoms with Crippen LogP contribution in [0.1, 0.15) is 39.5 Å². The Hall–Kier alpha value is -2.13. The number of hydrogen-bond acceptors (Lipinski definition) is 6. The van der Waals surface area contributed by atoms with Crippen molar-refractivity contribution in [3.63, 3.8) is 0 Å². The minimum atomic E-state index is -0.642. The smallest absolute Gasteiger partial charge is 0.330 e. The van der Waals surface area contributed by atoms with Gasteiger partial charge in [0, 0.05) is 32.8 Å². The number of amides is 1. The van der Waals surface area contributed by atoms with E-state index < -0.39 is 11.2 Å². The molecule has 0 spiro atoms. The lowest BCUT2D eigenvalue weighted by Gasteiger charge is -2.28. The molecule has 0 atom stereocenters. The molecule has 0 unspecified atom stereocenters. The van der Waals surface area contributed by atoms with Crippen molar-refractivity contribution in [2.45, 2.75) is 52.1 Å². The zero-order chi connectivity index (χ0) is 21.1. The first-order valence-corrected chi connectivity index (χ1v) is 10.5. The second-order valence-corrected chi connectivity index (χ2v) is 8.64. The maximum Gasteiger partial charge on any atom is 0.330 e. The minimum Gasteiger partial charge on any atom is -0.383 e. The van der Waals surface area contributed by atoms with Gasteiger partial charge < -0.3 is 15.4 Å². The largest absolute Gasteiger partial charge is 0.383 e. The third-order valence-corrected chi connectivity index (χ3v) is 5.44. The molecule has 1 amide bonds. The summed E-state index contributed by atoms with van der Waals surface area (Å²) in [6.45, 7) is 5.90. The number of nitrogen functional groups attached to an aromatic ring is 1. The van der Waals surface area contributed by atoms with Crippen LogP contribution in [0.4, 0.5) is 11.5 Å². The summed E-state index contributed by atoms with van der Waals surface area (Å²) in [7, 11) is 1.54. The molecule has 2 fully saturated rings. The van der Waals surface area contributed by atoms with E-state index in [-0.39, 0.29) is 43.0 Å².